The number of nitrogens with zero attached hydrogens (tertiary/aromatic N) is 1. The lowest BCUT2D eigenvalue weighted by molar-refractivity contribution is -0.183. The molecule has 0 N–H and O–H groups in total. The maximum absolute atomic E-state index is 11.6. The lowest BCUT2D eigenvalue weighted by atomic mass is 9.84. The smallest absolute Gasteiger partial charge is 0.168 e. The van der Waals surface area contributed by atoms with Gasteiger partial charge in [0.15, 0.2) is 11.6 Å². The number of hydrogen-bond donors (Lipinski definition) is 0. The molecule has 2 aliphatic heterocycles. The average molecular weight is 343 g/mol. The molecule has 0 radical (unpaired) electrons. The van der Waals surface area contributed by atoms with Crippen molar-refractivity contribution in [3.8, 4) is 0 Å². The summed E-state index contributed by atoms with van der Waals surface area (Å²) in [5.41, 5.74) is 3.63. The van der Waals surface area contributed by atoms with Gasteiger partial charge in [0, 0.05) is 38.0 Å². The number of Topliss-reactive ketones (excluding diaryl/α,β-unsaturated/α-hetero) is 1. The highest BCUT2D eigenvalue weighted by atomic mass is 16.7. The largest absolute Gasteiger partial charge is 0.348 e. The molecular weight excluding hydrogens is 314 g/mol. The molecule has 136 valence electrons. The Morgan fingerprint density at radius 1 is 1.12 bits per heavy atom. The summed E-state index contributed by atoms with van der Waals surface area (Å²) in [6.07, 6.45) is 6.66. The van der Waals surface area contributed by atoms with Crippen LogP contribution in [-0.2, 0) is 22.3 Å². The molecule has 2 fully saturated rings. The molecule has 1 aromatic carbocycles. The van der Waals surface area contributed by atoms with Crippen LogP contribution in [0.15, 0.2) is 18.2 Å². The molecule has 0 bridgehead atoms. The minimum absolute atomic E-state index is 0.163. The SMILES string of the molecule is CC(=O)c1ccc2c(c1)CCN(CC1CCC3(CC1)OCCO3)CC2. The molecule has 1 spiro atoms. The summed E-state index contributed by atoms with van der Waals surface area (Å²) in [6.45, 7) is 6.58. The number of carbonyl (C=O) groups is 1. The van der Waals surface area contributed by atoms with Gasteiger partial charge in [-0.1, -0.05) is 12.1 Å². The third-order valence-electron chi connectivity index (χ3n) is 6.20. The summed E-state index contributed by atoms with van der Waals surface area (Å²) in [7, 11) is 0. The molecule has 1 aromatic rings. The van der Waals surface area contributed by atoms with Gasteiger partial charge in [-0.2, -0.15) is 0 Å². The molecule has 1 saturated carbocycles. The zero-order valence-electron chi connectivity index (χ0n) is 15.3. The van der Waals surface area contributed by atoms with E-state index in [0.717, 1.165) is 63.5 Å². The van der Waals surface area contributed by atoms with Crippen LogP contribution in [0.4, 0.5) is 0 Å². The Morgan fingerprint density at radius 3 is 2.48 bits per heavy atom. The Balaban J connectivity index is 1.32. The van der Waals surface area contributed by atoms with E-state index in [0.29, 0.717) is 0 Å². The Hall–Kier alpha value is -1.23. The van der Waals surface area contributed by atoms with Crippen LogP contribution in [-0.4, -0.2) is 49.3 Å². The maximum Gasteiger partial charge on any atom is 0.168 e. The first kappa shape index (κ1) is 17.2. The molecule has 0 unspecified atom stereocenters. The van der Waals surface area contributed by atoms with Crippen LogP contribution < -0.4 is 0 Å². The van der Waals surface area contributed by atoms with Gasteiger partial charge in [-0.05, 0) is 55.7 Å². The molecule has 0 aromatic heterocycles. The van der Waals surface area contributed by atoms with E-state index in [4.69, 9.17) is 9.47 Å². The van der Waals surface area contributed by atoms with Crippen LogP contribution in [0, 0.1) is 5.92 Å². The summed E-state index contributed by atoms with van der Waals surface area (Å²) in [4.78, 5) is 14.2. The minimum atomic E-state index is -0.241. The van der Waals surface area contributed by atoms with E-state index in [1.54, 1.807) is 6.92 Å². The van der Waals surface area contributed by atoms with E-state index < -0.39 is 0 Å². The number of ether oxygens (including phenoxy) is 2. The molecule has 1 saturated heterocycles. The second-order valence-corrected chi connectivity index (χ2v) is 7.89. The van der Waals surface area contributed by atoms with Crippen molar-refractivity contribution in [1.82, 2.24) is 4.90 Å². The normalized spacial score (nSPS) is 24.2. The molecule has 4 heteroatoms. The van der Waals surface area contributed by atoms with Crippen LogP contribution in [0.1, 0.15) is 54.1 Å². The average Bonchev–Trinajstić information content (AvgIpc) is 2.98. The van der Waals surface area contributed by atoms with Gasteiger partial charge in [-0.25, -0.2) is 0 Å². The van der Waals surface area contributed by atoms with Gasteiger partial charge in [0.25, 0.3) is 0 Å². The van der Waals surface area contributed by atoms with Crippen molar-refractivity contribution in [1.29, 1.82) is 0 Å². The van der Waals surface area contributed by atoms with E-state index in [-0.39, 0.29) is 11.6 Å². The van der Waals surface area contributed by atoms with Crippen molar-refractivity contribution in [2.24, 2.45) is 5.92 Å². The zero-order chi connectivity index (χ0) is 17.3. The second-order valence-electron chi connectivity index (χ2n) is 7.89. The van der Waals surface area contributed by atoms with Gasteiger partial charge in [-0.3, -0.25) is 4.79 Å². The zero-order valence-corrected chi connectivity index (χ0v) is 15.3. The molecule has 1 aliphatic carbocycles. The van der Waals surface area contributed by atoms with Crippen molar-refractivity contribution < 1.29 is 14.3 Å². The molecule has 0 amide bonds. The Kier molecular flexibility index (Phi) is 4.94. The van der Waals surface area contributed by atoms with Gasteiger partial charge >= 0.3 is 0 Å². The van der Waals surface area contributed by atoms with Crippen molar-refractivity contribution in [3.05, 3.63) is 34.9 Å². The van der Waals surface area contributed by atoms with E-state index >= 15 is 0 Å². The maximum atomic E-state index is 11.6. The van der Waals surface area contributed by atoms with Gasteiger partial charge in [0.2, 0.25) is 0 Å². The van der Waals surface area contributed by atoms with Gasteiger partial charge in [-0.15, -0.1) is 0 Å². The number of rotatable bonds is 3. The lowest BCUT2D eigenvalue weighted by Gasteiger charge is -2.37. The van der Waals surface area contributed by atoms with Crippen LogP contribution in [0.5, 0.6) is 0 Å². The first-order chi connectivity index (χ1) is 12.1. The highest BCUT2D eigenvalue weighted by molar-refractivity contribution is 5.94. The summed E-state index contributed by atoms with van der Waals surface area (Å²) in [5.74, 6) is 0.679. The highest BCUT2D eigenvalue weighted by Gasteiger charge is 2.40. The van der Waals surface area contributed by atoms with E-state index in [1.165, 1.54) is 30.5 Å². The topological polar surface area (TPSA) is 38.8 Å². The number of hydrogen-bond acceptors (Lipinski definition) is 4. The molecule has 0 atom stereocenters. The fourth-order valence-corrected chi connectivity index (χ4v) is 4.62. The van der Waals surface area contributed by atoms with Crippen molar-refractivity contribution >= 4 is 5.78 Å². The monoisotopic (exact) mass is 343 g/mol. The van der Waals surface area contributed by atoms with Crippen molar-refractivity contribution in [2.45, 2.75) is 51.2 Å². The molecule has 4 rings (SSSR count). The van der Waals surface area contributed by atoms with Crippen molar-refractivity contribution in [2.75, 3.05) is 32.8 Å². The number of ketones is 1. The quantitative estimate of drug-likeness (QED) is 0.790. The summed E-state index contributed by atoms with van der Waals surface area (Å²) in [5, 5.41) is 0. The fourth-order valence-electron chi connectivity index (χ4n) is 4.62. The Morgan fingerprint density at radius 2 is 1.80 bits per heavy atom. The Labute approximate surface area is 150 Å². The standard InChI is InChI=1S/C21H29NO3/c1-16(23)19-3-2-18-6-10-22(11-7-20(18)14-19)15-17-4-8-21(9-5-17)24-12-13-25-21/h2-3,14,17H,4-13,15H2,1H3. The van der Waals surface area contributed by atoms with Crippen LogP contribution >= 0.6 is 0 Å². The minimum Gasteiger partial charge on any atom is -0.348 e. The molecule has 4 nitrogen and oxygen atoms in total. The summed E-state index contributed by atoms with van der Waals surface area (Å²) >= 11 is 0. The highest BCUT2D eigenvalue weighted by Crippen LogP contribution is 2.38. The van der Waals surface area contributed by atoms with Gasteiger partial charge in [0.05, 0.1) is 13.2 Å². The number of benzene rings is 1. The predicted octanol–water partition coefficient (Wildman–Crippen LogP) is 3.22. The third-order valence-corrected chi connectivity index (χ3v) is 6.20. The number of carbonyl (C=O) groups excluding carboxylic acids is 1. The number of fused-ring (bicyclic) bond motifs is 1. The first-order valence-corrected chi connectivity index (χ1v) is 9.77. The third kappa shape index (κ3) is 3.81. The van der Waals surface area contributed by atoms with E-state index in [2.05, 4.69) is 17.0 Å². The van der Waals surface area contributed by atoms with Crippen molar-refractivity contribution in [3.63, 3.8) is 0 Å². The molecular formula is C21H29NO3. The second kappa shape index (κ2) is 7.18. The van der Waals surface area contributed by atoms with Crippen LogP contribution in [0.3, 0.4) is 0 Å². The van der Waals surface area contributed by atoms with E-state index in [9.17, 15) is 4.79 Å². The molecule has 25 heavy (non-hydrogen) atoms. The predicted molar refractivity (Wildman–Crippen MR) is 96.9 cm³/mol. The van der Waals surface area contributed by atoms with Crippen LogP contribution in [0.25, 0.3) is 0 Å². The molecule has 2 heterocycles. The van der Waals surface area contributed by atoms with E-state index in [1.807, 2.05) is 6.07 Å². The first-order valence-electron chi connectivity index (χ1n) is 9.77. The fraction of sp³-hybridized carbons (Fsp3) is 0.667. The lowest BCUT2D eigenvalue weighted by Crippen LogP contribution is -2.39. The molecule has 3 aliphatic rings. The van der Waals surface area contributed by atoms with Gasteiger partial charge in [0.1, 0.15) is 0 Å². The van der Waals surface area contributed by atoms with Crippen LogP contribution in [0.2, 0.25) is 0 Å². The summed E-state index contributed by atoms with van der Waals surface area (Å²) in [6, 6.07) is 6.26. The summed E-state index contributed by atoms with van der Waals surface area (Å²) < 4.78 is 11.7. The Bertz CT molecular complexity index is 626. The van der Waals surface area contributed by atoms with Gasteiger partial charge < -0.3 is 14.4 Å².